The third kappa shape index (κ3) is 3.24. The van der Waals surface area contributed by atoms with Crippen LogP contribution >= 0.6 is 0 Å². The molecule has 0 fully saturated rings. The van der Waals surface area contributed by atoms with Crippen LogP contribution in [-0.2, 0) is 6.42 Å². The molecule has 1 aromatic carbocycles. The smallest absolute Gasteiger partial charge is 0.186 e. The zero-order valence-electron chi connectivity index (χ0n) is 12.5. The zero-order chi connectivity index (χ0) is 14.5. The van der Waals surface area contributed by atoms with Gasteiger partial charge in [0.05, 0.1) is 12.1 Å². The number of nitrogens with two attached hydrogens (primary N) is 2. The summed E-state index contributed by atoms with van der Waals surface area (Å²) in [6.45, 7) is 2.22. The molecule has 4 nitrogen and oxygen atoms in total. The molecule has 4 N–H and O–H groups in total. The number of aliphatic imine (C=N–C) groups is 1. The predicted molar refractivity (Wildman–Crippen MR) is 86.1 cm³/mol. The van der Waals surface area contributed by atoms with Gasteiger partial charge in [0.15, 0.2) is 5.96 Å². The Morgan fingerprint density at radius 1 is 1.35 bits per heavy atom. The molecule has 1 heterocycles. The fourth-order valence-corrected chi connectivity index (χ4v) is 3.10. The van der Waals surface area contributed by atoms with Crippen molar-refractivity contribution in [1.29, 1.82) is 0 Å². The van der Waals surface area contributed by atoms with Crippen LogP contribution in [0.2, 0.25) is 0 Å². The van der Waals surface area contributed by atoms with E-state index in [2.05, 4.69) is 48.1 Å². The summed E-state index contributed by atoms with van der Waals surface area (Å²) >= 11 is 0. The Hall–Kier alpha value is -1.71. The number of anilines is 1. The van der Waals surface area contributed by atoms with E-state index in [9.17, 15) is 0 Å². The van der Waals surface area contributed by atoms with Crippen LogP contribution in [0.15, 0.2) is 29.3 Å². The first kappa shape index (κ1) is 14.7. The molecule has 110 valence electrons. The van der Waals surface area contributed by atoms with Crippen LogP contribution in [-0.4, -0.2) is 25.1 Å². The number of fused-ring (bicyclic) bond motifs is 1. The van der Waals surface area contributed by atoms with Crippen LogP contribution in [0.25, 0.3) is 0 Å². The van der Waals surface area contributed by atoms with Gasteiger partial charge in [-0.25, -0.2) is 4.99 Å². The van der Waals surface area contributed by atoms with Crippen LogP contribution in [0, 0.1) is 0 Å². The minimum atomic E-state index is 0.184. The van der Waals surface area contributed by atoms with Crippen LogP contribution in [0.4, 0.5) is 5.69 Å². The summed E-state index contributed by atoms with van der Waals surface area (Å²) in [7, 11) is 2.14. The number of hydrogen-bond acceptors (Lipinski definition) is 2. The first-order chi connectivity index (χ1) is 9.63. The standard InChI is InChI=1S/C16H26N4/c1-3-4-5-9-13(19-16(17)18)15-11-12-8-6-7-10-14(12)20(15)2/h6-8,10,13,15H,3-5,9,11H2,1-2H3,(H4,17,18,19). The van der Waals surface area contributed by atoms with Gasteiger partial charge in [-0.05, 0) is 24.5 Å². The Bertz CT molecular complexity index is 465. The van der Waals surface area contributed by atoms with Gasteiger partial charge in [0.2, 0.25) is 0 Å². The van der Waals surface area contributed by atoms with E-state index in [1.54, 1.807) is 0 Å². The topological polar surface area (TPSA) is 67.6 Å². The molecule has 2 atom stereocenters. The molecule has 1 aliphatic heterocycles. The molecule has 0 saturated carbocycles. The number of rotatable bonds is 6. The van der Waals surface area contributed by atoms with Crippen molar-refractivity contribution in [3.63, 3.8) is 0 Å². The number of unbranched alkanes of at least 4 members (excludes halogenated alkanes) is 2. The van der Waals surface area contributed by atoms with Crippen molar-refractivity contribution >= 4 is 11.6 Å². The zero-order valence-corrected chi connectivity index (χ0v) is 12.5. The maximum atomic E-state index is 5.62. The molecule has 0 amide bonds. The molecule has 0 spiro atoms. The second-order valence-electron chi connectivity index (χ2n) is 5.63. The Labute approximate surface area is 121 Å². The average molecular weight is 274 g/mol. The van der Waals surface area contributed by atoms with Crippen molar-refractivity contribution in [2.24, 2.45) is 16.5 Å². The number of likely N-dealkylation sites (N-methyl/N-ethyl adjacent to an activating group) is 1. The van der Waals surface area contributed by atoms with Gasteiger partial charge in [0.25, 0.3) is 0 Å². The average Bonchev–Trinajstić information content (AvgIpc) is 2.75. The monoisotopic (exact) mass is 274 g/mol. The second-order valence-corrected chi connectivity index (χ2v) is 5.63. The van der Waals surface area contributed by atoms with E-state index in [-0.39, 0.29) is 12.0 Å². The highest BCUT2D eigenvalue weighted by atomic mass is 15.2. The van der Waals surface area contributed by atoms with Crippen molar-refractivity contribution in [2.45, 2.75) is 51.1 Å². The molecule has 1 aliphatic rings. The lowest BCUT2D eigenvalue weighted by Crippen LogP contribution is -2.40. The first-order valence-electron chi connectivity index (χ1n) is 7.53. The summed E-state index contributed by atoms with van der Waals surface area (Å²) < 4.78 is 0. The highest BCUT2D eigenvalue weighted by molar-refractivity contribution is 5.76. The van der Waals surface area contributed by atoms with Crippen molar-refractivity contribution < 1.29 is 0 Å². The Morgan fingerprint density at radius 3 is 2.75 bits per heavy atom. The van der Waals surface area contributed by atoms with Gasteiger partial charge in [-0.3, -0.25) is 0 Å². The quantitative estimate of drug-likeness (QED) is 0.475. The molecule has 0 saturated heterocycles. The summed E-state index contributed by atoms with van der Waals surface area (Å²) in [5, 5.41) is 0. The SMILES string of the molecule is CCCCCC(N=C(N)N)C1Cc2ccccc2N1C. The van der Waals surface area contributed by atoms with E-state index < -0.39 is 0 Å². The maximum absolute atomic E-state index is 5.62. The largest absolute Gasteiger partial charge is 0.370 e. The van der Waals surface area contributed by atoms with E-state index in [0.717, 1.165) is 12.8 Å². The third-order valence-electron chi connectivity index (χ3n) is 4.16. The molecule has 0 radical (unpaired) electrons. The normalized spacial score (nSPS) is 18.7. The summed E-state index contributed by atoms with van der Waals surface area (Å²) in [5.74, 6) is 0.204. The van der Waals surface area contributed by atoms with Crippen molar-refractivity contribution in [2.75, 3.05) is 11.9 Å². The minimum absolute atomic E-state index is 0.184. The lowest BCUT2D eigenvalue weighted by molar-refractivity contribution is 0.472. The molecule has 20 heavy (non-hydrogen) atoms. The summed E-state index contributed by atoms with van der Waals surface area (Å²) in [6.07, 6.45) is 5.71. The van der Waals surface area contributed by atoms with Gasteiger partial charge in [-0.2, -0.15) is 0 Å². The van der Waals surface area contributed by atoms with E-state index in [1.807, 2.05) is 0 Å². The number of benzene rings is 1. The molecular weight excluding hydrogens is 248 g/mol. The number of nitrogens with zero attached hydrogens (tertiary/aromatic N) is 2. The van der Waals surface area contributed by atoms with Gasteiger partial charge in [0, 0.05) is 12.7 Å². The van der Waals surface area contributed by atoms with Crippen molar-refractivity contribution in [1.82, 2.24) is 0 Å². The minimum Gasteiger partial charge on any atom is -0.370 e. The van der Waals surface area contributed by atoms with E-state index in [0.29, 0.717) is 6.04 Å². The first-order valence-corrected chi connectivity index (χ1v) is 7.53. The molecular formula is C16H26N4. The summed E-state index contributed by atoms with van der Waals surface area (Å²) in [4.78, 5) is 6.83. The summed E-state index contributed by atoms with van der Waals surface area (Å²) in [6, 6.07) is 9.11. The molecule has 1 aromatic rings. The van der Waals surface area contributed by atoms with Crippen LogP contribution in [0.1, 0.15) is 38.2 Å². The molecule has 2 unspecified atom stereocenters. The second kappa shape index (κ2) is 6.64. The highest BCUT2D eigenvalue weighted by Gasteiger charge is 2.32. The van der Waals surface area contributed by atoms with Crippen LogP contribution in [0.3, 0.4) is 0 Å². The molecule has 4 heteroatoms. The van der Waals surface area contributed by atoms with E-state index in [4.69, 9.17) is 11.5 Å². The van der Waals surface area contributed by atoms with Crippen LogP contribution in [0.5, 0.6) is 0 Å². The van der Waals surface area contributed by atoms with Crippen molar-refractivity contribution in [3.8, 4) is 0 Å². The van der Waals surface area contributed by atoms with Gasteiger partial charge in [-0.1, -0.05) is 44.4 Å². The van der Waals surface area contributed by atoms with Crippen LogP contribution < -0.4 is 16.4 Å². The molecule has 0 aromatic heterocycles. The predicted octanol–water partition coefficient (Wildman–Crippen LogP) is 2.27. The molecule has 0 bridgehead atoms. The maximum Gasteiger partial charge on any atom is 0.186 e. The van der Waals surface area contributed by atoms with Gasteiger partial charge >= 0.3 is 0 Å². The summed E-state index contributed by atoms with van der Waals surface area (Å²) in [5.41, 5.74) is 14.0. The highest BCUT2D eigenvalue weighted by Crippen LogP contribution is 2.33. The lowest BCUT2D eigenvalue weighted by Gasteiger charge is -2.28. The fourth-order valence-electron chi connectivity index (χ4n) is 3.10. The van der Waals surface area contributed by atoms with Gasteiger partial charge in [0.1, 0.15) is 0 Å². The van der Waals surface area contributed by atoms with Gasteiger partial charge in [-0.15, -0.1) is 0 Å². The Morgan fingerprint density at radius 2 is 2.10 bits per heavy atom. The molecule has 2 rings (SSSR count). The number of para-hydroxylation sites is 1. The lowest BCUT2D eigenvalue weighted by atomic mass is 9.98. The number of guanidine groups is 1. The number of hydrogen-bond donors (Lipinski definition) is 2. The molecule has 0 aliphatic carbocycles. The Balaban J connectivity index is 2.12. The van der Waals surface area contributed by atoms with E-state index in [1.165, 1.54) is 30.5 Å². The van der Waals surface area contributed by atoms with Gasteiger partial charge < -0.3 is 16.4 Å². The van der Waals surface area contributed by atoms with Crippen molar-refractivity contribution in [3.05, 3.63) is 29.8 Å². The van der Waals surface area contributed by atoms with E-state index >= 15 is 0 Å². The Kier molecular flexibility index (Phi) is 4.88. The fraction of sp³-hybridized carbons (Fsp3) is 0.562. The third-order valence-corrected chi connectivity index (χ3v) is 4.16.